The second-order valence-electron chi connectivity index (χ2n) is 6.54. The molecule has 120 valence electrons. The van der Waals surface area contributed by atoms with Gasteiger partial charge in [0.1, 0.15) is 5.82 Å². The molecule has 7 nitrogen and oxygen atoms in total. The minimum Gasteiger partial charge on any atom is -0.467 e. The summed E-state index contributed by atoms with van der Waals surface area (Å²) in [5, 5.41) is 0. The molecule has 23 heavy (non-hydrogen) atoms. The topological polar surface area (TPSA) is 81.1 Å². The molecule has 1 aliphatic rings. The number of carbonyl (C=O) groups is 1. The molecule has 0 spiro atoms. The predicted molar refractivity (Wildman–Crippen MR) is 82.9 cm³/mol. The van der Waals surface area contributed by atoms with Crippen LogP contribution in [0.1, 0.15) is 48.2 Å². The fraction of sp³-hybridized carbons (Fsp3) is 0.438. The summed E-state index contributed by atoms with van der Waals surface area (Å²) in [5.41, 5.74) is 2.21. The maximum Gasteiger partial charge on any atom is 0.316 e. The van der Waals surface area contributed by atoms with Crippen LogP contribution in [-0.4, -0.2) is 37.9 Å². The van der Waals surface area contributed by atoms with Gasteiger partial charge in [0.2, 0.25) is 0 Å². The molecule has 0 aliphatic carbocycles. The lowest BCUT2D eigenvalue weighted by Crippen LogP contribution is -2.25. The largest absolute Gasteiger partial charge is 0.467 e. The number of fused-ring (bicyclic) bond motifs is 1. The molecule has 2 aromatic rings. The molecule has 0 fully saturated rings. The van der Waals surface area contributed by atoms with Gasteiger partial charge in [-0.3, -0.25) is 4.79 Å². The second kappa shape index (κ2) is 5.57. The lowest BCUT2D eigenvalue weighted by Gasteiger charge is -2.16. The number of methoxy groups -OCH3 is 1. The number of rotatable bonds is 2. The van der Waals surface area contributed by atoms with Crippen molar-refractivity contribution in [3.63, 3.8) is 0 Å². The van der Waals surface area contributed by atoms with Crippen LogP contribution in [0.3, 0.4) is 0 Å². The quantitative estimate of drug-likeness (QED) is 0.840. The Bertz CT molecular complexity index is 737. The molecule has 1 amide bonds. The number of hydrogen-bond acceptors (Lipinski definition) is 6. The summed E-state index contributed by atoms with van der Waals surface area (Å²) >= 11 is 0. The van der Waals surface area contributed by atoms with Crippen molar-refractivity contribution in [1.82, 2.24) is 24.8 Å². The normalized spacial score (nSPS) is 13.8. The van der Waals surface area contributed by atoms with E-state index in [2.05, 4.69) is 40.7 Å². The third-order valence-corrected chi connectivity index (χ3v) is 3.67. The van der Waals surface area contributed by atoms with Crippen LogP contribution in [0, 0.1) is 0 Å². The van der Waals surface area contributed by atoms with E-state index in [1.165, 1.54) is 19.5 Å². The van der Waals surface area contributed by atoms with E-state index in [4.69, 9.17) is 4.74 Å². The van der Waals surface area contributed by atoms with E-state index in [9.17, 15) is 4.79 Å². The van der Waals surface area contributed by atoms with Crippen LogP contribution in [0.4, 0.5) is 0 Å². The Labute approximate surface area is 134 Å². The molecule has 0 saturated carbocycles. The summed E-state index contributed by atoms with van der Waals surface area (Å²) in [6.45, 7) is 7.19. The fourth-order valence-electron chi connectivity index (χ4n) is 2.37. The van der Waals surface area contributed by atoms with Crippen molar-refractivity contribution in [3.05, 3.63) is 41.2 Å². The number of aromatic nitrogens is 4. The molecule has 3 heterocycles. The first-order valence-electron chi connectivity index (χ1n) is 7.39. The van der Waals surface area contributed by atoms with Crippen molar-refractivity contribution in [2.24, 2.45) is 0 Å². The molecule has 0 unspecified atom stereocenters. The molecule has 0 atom stereocenters. The van der Waals surface area contributed by atoms with E-state index >= 15 is 0 Å². The lowest BCUT2D eigenvalue weighted by atomic mass is 9.95. The first kappa shape index (κ1) is 15.3. The van der Waals surface area contributed by atoms with Gasteiger partial charge in [-0.25, -0.2) is 19.9 Å². The lowest BCUT2D eigenvalue weighted by molar-refractivity contribution is 0.0749. The van der Waals surface area contributed by atoms with Crippen molar-refractivity contribution < 1.29 is 9.53 Å². The Kier molecular flexibility index (Phi) is 3.71. The summed E-state index contributed by atoms with van der Waals surface area (Å²) in [7, 11) is 1.49. The highest BCUT2D eigenvalue weighted by Gasteiger charge is 2.28. The molecule has 0 saturated heterocycles. The van der Waals surface area contributed by atoms with Crippen molar-refractivity contribution in [2.75, 3.05) is 7.11 Å². The zero-order valence-electron chi connectivity index (χ0n) is 13.7. The molecular weight excluding hydrogens is 294 g/mol. The molecule has 0 bridgehead atoms. The molecule has 0 aromatic carbocycles. The van der Waals surface area contributed by atoms with Crippen LogP contribution in [0.25, 0.3) is 0 Å². The van der Waals surface area contributed by atoms with Crippen LogP contribution in [-0.2, 0) is 18.5 Å². The molecule has 0 N–H and O–H groups in total. The van der Waals surface area contributed by atoms with Gasteiger partial charge < -0.3 is 9.64 Å². The average molecular weight is 313 g/mol. The SMILES string of the molecule is COc1ncc(C(=O)N2Cc3cnc(C(C)(C)C)nc3C2)cn1. The van der Waals surface area contributed by atoms with Crippen LogP contribution in [0.2, 0.25) is 0 Å². The number of amides is 1. The van der Waals surface area contributed by atoms with Crippen LogP contribution < -0.4 is 4.74 Å². The van der Waals surface area contributed by atoms with Crippen molar-refractivity contribution in [1.29, 1.82) is 0 Å². The van der Waals surface area contributed by atoms with E-state index in [1.54, 1.807) is 4.90 Å². The van der Waals surface area contributed by atoms with E-state index in [-0.39, 0.29) is 17.3 Å². The maximum absolute atomic E-state index is 12.6. The van der Waals surface area contributed by atoms with Crippen LogP contribution in [0.5, 0.6) is 6.01 Å². The summed E-state index contributed by atoms with van der Waals surface area (Å²) < 4.78 is 4.90. The highest BCUT2D eigenvalue weighted by atomic mass is 16.5. The highest BCUT2D eigenvalue weighted by Crippen LogP contribution is 2.25. The number of nitrogens with zero attached hydrogens (tertiary/aromatic N) is 5. The van der Waals surface area contributed by atoms with Gasteiger partial charge in [-0.05, 0) is 0 Å². The van der Waals surface area contributed by atoms with Crippen LogP contribution in [0.15, 0.2) is 18.6 Å². The average Bonchev–Trinajstić information content (AvgIpc) is 2.96. The third-order valence-electron chi connectivity index (χ3n) is 3.67. The van der Waals surface area contributed by atoms with Gasteiger partial charge in [-0.2, -0.15) is 0 Å². The summed E-state index contributed by atoms with van der Waals surface area (Å²) in [6.07, 6.45) is 4.77. The Morgan fingerprint density at radius 3 is 2.43 bits per heavy atom. The van der Waals surface area contributed by atoms with Crippen molar-refractivity contribution in [3.8, 4) is 6.01 Å². The molecule has 3 rings (SSSR count). The molecule has 7 heteroatoms. The minimum absolute atomic E-state index is 0.115. The molecule has 0 radical (unpaired) electrons. The minimum atomic E-state index is -0.122. The first-order chi connectivity index (χ1) is 10.9. The van der Waals surface area contributed by atoms with Crippen LogP contribution >= 0.6 is 0 Å². The van der Waals surface area contributed by atoms with Gasteiger partial charge in [-0.15, -0.1) is 0 Å². The van der Waals surface area contributed by atoms with Gasteiger partial charge >= 0.3 is 6.01 Å². The third kappa shape index (κ3) is 2.99. The van der Waals surface area contributed by atoms with Gasteiger partial charge in [0.15, 0.2) is 0 Å². The second-order valence-corrected chi connectivity index (χ2v) is 6.54. The Hall–Kier alpha value is -2.57. The van der Waals surface area contributed by atoms with E-state index < -0.39 is 0 Å². The molecular formula is C16H19N5O2. The monoisotopic (exact) mass is 313 g/mol. The Balaban J connectivity index is 1.79. The van der Waals surface area contributed by atoms with E-state index in [1.807, 2.05) is 6.20 Å². The Morgan fingerprint density at radius 1 is 1.13 bits per heavy atom. The van der Waals surface area contributed by atoms with Gasteiger partial charge in [-0.1, -0.05) is 20.8 Å². The standard InChI is InChI=1S/C16H19N5O2/c1-16(2,3)14-17-7-11-8-21(9-12(11)20-14)13(22)10-5-18-15(23-4)19-6-10/h5-7H,8-9H2,1-4H3. The van der Waals surface area contributed by atoms with Gasteiger partial charge in [0.05, 0.1) is 24.9 Å². The smallest absolute Gasteiger partial charge is 0.316 e. The summed E-state index contributed by atoms with van der Waals surface area (Å²) in [6, 6.07) is 0.243. The van der Waals surface area contributed by atoms with Crippen molar-refractivity contribution in [2.45, 2.75) is 39.3 Å². The predicted octanol–water partition coefficient (Wildman–Crippen LogP) is 1.73. The van der Waals surface area contributed by atoms with Gasteiger partial charge in [0.25, 0.3) is 5.91 Å². The molecule has 1 aliphatic heterocycles. The number of carbonyl (C=O) groups excluding carboxylic acids is 1. The number of hydrogen-bond donors (Lipinski definition) is 0. The molecule has 2 aromatic heterocycles. The number of ether oxygens (including phenoxy) is 1. The highest BCUT2D eigenvalue weighted by molar-refractivity contribution is 5.93. The Morgan fingerprint density at radius 2 is 1.83 bits per heavy atom. The zero-order chi connectivity index (χ0) is 16.6. The summed E-state index contributed by atoms with van der Waals surface area (Å²) in [5.74, 6) is 0.668. The zero-order valence-corrected chi connectivity index (χ0v) is 13.7. The van der Waals surface area contributed by atoms with E-state index in [0.717, 1.165) is 17.1 Å². The fourth-order valence-corrected chi connectivity index (χ4v) is 2.37. The van der Waals surface area contributed by atoms with Gasteiger partial charge in [0, 0.05) is 36.1 Å². The summed E-state index contributed by atoms with van der Waals surface area (Å²) in [4.78, 5) is 31.3. The van der Waals surface area contributed by atoms with Crippen molar-refractivity contribution >= 4 is 5.91 Å². The first-order valence-corrected chi connectivity index (χ1v) is 7.39. The van der Waals surface area contributed by atoms with E-state index in [0.29, 0.717) is 18.7 Å². The maximum atomic E-state index is 12.6.